The summed E-state index contributed by atoms with van der Waals surface area (Å²) >= 11 is 2.29. The zero-order chi connectivity index (χ0) is 23.9. The van der Waals surface area contributed by atoms with E-state index < -0.39 is 17.0 Å². The molecule has 4 aromatic rings. The first-order valence-electron chi connectivity index (χ1n) is 9.64. The van der Waals surface area contributed by atoms with Crippen molar-refractivity contribution in [2.75, 3.05) is 11.5 Å². The van der Waals surface area contributed by atoms with E-state index in [-0.39, 0.29) is 29.2 Å². The van der Waals surface area contributed by atoms with Crippen molar-refractivity contribution < 1.29 is 9.21 Å². The standard InChI is InChI=1S/C21H19N5O5S2/c1-4-7-26-19(29)14-11(13-6-5-8-31-13)9-32-17(14)23-20(26)33-10-12(27)15-16(22)24(2)21(30)25(3)18(15)28/h4-6,8-9H,1,7,10,22H2,2-3H3. The van der Waals surface area contributed by atoms with E-state index in [4.69, 9.17) is 10.2 Å². The lowest BCUT2D eigenvalue weighted by atomic mass is 10.2. The minimum Gasteiger partial charge on any atom is -0.464 e. The largest absolute Gasteiger partial charge is 0.464 e. The zero-order valence-corrected chi connectivity index (χ0v) is 19.4. The van der Waals surface area contributed by atoms with Crippen LogP contribution in [0.1, 0.15) is 10.4 Å². The summed E-state index contributed by atoms with van der Waals surface area (Å²) in [6.45, 7) is 3.88. The number of Topliss-reactive ketones (excluding diaryl/α,β-unsaturated/α-hetero) is 1. The van der Waals surface area contributed by atoms with Gasteiger partial charge in [0, 0.05) is 31.6 Å². The highest BCUT2D eigenvalue weighted by molar-refractivity contribution is 7.99. The van der Waals surface area contributed by atoms with Gasteiger partial charge in [-0.05, 0) is 12.1 Å². The van der Waals surface area contributed by atoms with Crippen molar-refractivity contribution in [3.05, 3.63) is 73.2 Å². The van der Waals surface area contributed by atoms with Crippen LogP contribution in [0.15, 0.2) is 60.4 Å². The number of carbonyl (C=O) groups is 1. The molecule has 0 saturated carbocycles. The van der Waals surface area contributed by atoms with Gasteiger partial charge in [-0.1, -0.05) is 17.8 Å². The van der Waals surface area contributed by atoms with Gasteiger partial charge in [-0.25, -0.2) is 9.78 Å². The van der Waals surface area contributed by atoms with Gasteiger partial charge in [0.1, 0.15) is 22.0 Å². The zero-order valence-electron chi connectivity index (χ0n) is 17.7. The molecule has 170 valence electrons. The maximum atomic E-state index is 13.3. The van der Waals surface area contributed by atoms with Gasteiger partial charge in [-0.3, -0.25) is 28.1 Å². The summed E-state index contributed by atoms with van der Waals surface area (Å²) < 4.78 is 8.72. The fourth-order valence-electron chi connectivity index (χ4n) is 3.34. The summed E-state index contributed by atoms with van der Waals surface area (Å²) in [5, 5.41) is 2.52. The van der Waals surface area contributed by atoms with Crippen LogP contribution in [-0.2, 0) is 20.6 Å². The van der Waals surface area contributed by atoms with E-state index in [1.807, 2.05) is 0 Å². The first-order valence-corrected chi connectivity index (χ1v) is 11.5. The molecule has 4 rings (SSSR count). The summed E-state index contributed by atoms with van der Waals surface area (Å²) in [7, 11) is 2.66. The lowest BCUT2D eigenvalue weighted by Crippen LogP contribution is -2.41. The predicted octanol–water partition coefficient (Wildman–Crippen LogP) is 1.86. The quantitative estimate of drug-likeness (QED) is 0.181. The fraction of sp³-hybridized carbons (Fsp3) is 0.190. The molecular formula is C21H19N5O5S2. The Hall–Kier alpha value is -3.64. The van der Waals surface area contributed by atoms with Crippen LogP contribution in [0, 0.1) is 0 Å². The number of nitrogen functional groups attached to an aromatic ring is 1. The van der Waals surface area contributed by atoms with Gasteiger partial charge in [0.2, 0.25) is 0 Å². The molecular weight excluding hydrogens is 466 g/mol. The Morgan fingerprint density at radius 2 is 2.03 bits per heavy atom. The molecule has 33 heavy (non-hydrogen) atoms. The molecule has 10 nitrogen and oxygen atoms in total. The second-order valence-electron chi connectivity index (χ2n) is 7.08. The van der Waals surface area contributed by atoms with Crippen LogP contribution in [0.2, 0.25) is 0 Å². The van der Waals surface area contributed by atoms with Crippen LogP contribution in [0.4, 0.5) is 5.82 Å². The van der Waals surface area contributed by atoms with Crippen LogP contribution in [0.5, 0.6) is 0 Å². The fourth-order valence-corrected chi connectivity index (χ4v) is 5.19. The van der Waals surface area contributed by atoms with E-state index in [9.17, 15) is 19.2 Å². The minimum atomic E-state index is -0.769. The molecule has 12 heteroatoms. The van der Waals surface area contributed by atoms with E-state index in [1.54, 1.807) is 23.6 Å². The number of anilines is 1. The van der Waals surface area contributed by atoms with Gasteiger partial charge in [0.25, 0.3) is 11.1 Å². The number of ketones is 1. The van der Waals surface area contributed by atoms with E-state index in [2.05, 4.69) is 11.6 Å². The monoisotopic (exact) mass is 485 g/mol. The van der Waals surface area contributed by atoms with Crippen molar-refractivity contribution in [3.63, 3.8) is 0 Å². The normalized spacial score (nSPS) is 11.2. The van der Waals surface area contributed by atoms with E-state index in [0.29, 0.717) is 26.7 Å². The molecule has 0 aliphatic rings. The highest BCUT2D eigenvalue weighted by Gasteiger charge is 2.22. The Bertz CT molecular complexity index is 1570. The van der Waals surface area contributed by atoms with E-state index in [1.165, 1.54) is 36.3 Å². The Kier molecular flexibility index (Phi) is 5.95. The first kappa shape index (κ1) is 22.6. The summed E-state index contributed by atoms with van der Waals surface area (Å²) in [5.41, 5.74) is 4.56. The average molecular weight is 486 g/mol. The Morgan fingerprint density at radius 3 is 2.70 bits per heavy atom. The highest BCUT2D eigenvalue weighted by Crippen LogP contribution is 2.32. The van der Waals surface area contributed by atoms with Crippen LogP contribution < -0.4 is 22.5 Å². The lowest BCUT2D eigenvalue weighted by Gasteiger charge is -2.12. The molecule has 0 amide bonds. The molecule has 0 bridgehead atoms. The Morgan fingerprint density at radius 1 is 1.27 bits per heavy atom. The summed E-state index contributed by atoms with van der Waals surface area (Å²) in [4.78, 5) is 55.7. The average Bonchev–Trinajstić information content (AvgIpc) is 3.47. The number of fused-ring (bicyclic) bond motifs is 1. The van der Waals surface area contributed by atoms with Crippen LogP contribution in [0.3, 0.4) is 0 Å². The number of nitrogens with two attached hydrogens (primary N) is 1. The Balaban J connectivity index is 1.74. The molecule has 0 aliphatic carbocycles. The maximum absolute atomic E-state index is 13.3. The maximum Gasteiger partial charge on any atom is 0.332 e. The molecule has 0 atom stereocenters. The molecule has 0 saturated heterocycles. The van der Waals surface area contributed by atoms with Crippen molar-refractivity contribution in [2.24, 2.45) is 14.1 Å². The van der Waals surface area contributed by atoms with Crippen molar-refractivity contribution in [3.8, 4) is 11.3 Å². The molecule has 4 aromatic heterocycles. The number of furan rings is 1. The molecule has 0 aliphatic heterocycles. The van der Waals surface area contributed by atoms with Gasteiger partial charge >= 0.3 is 5.69 Å². The van der Waals surface area contributed by atoms with E-state index >= 15 is 0 Å². The van der Waals surface area contributed by atoms with Gasteiger partial charge < -0.3 is 10.2 Å². The van der Waals surface area contributed by atoms with Gasteiger partial charge in [-0.2, -0.15) is 0 Å². The molecule has 0 radical (unpaired) electrons. The van der Waals surface area contributed by atoms with Crippen LogP contribution >= 0.6 is 23.1 Å². The van der Waals surface area contributed by atoms with Gasteiger partial charge in [0.05, 0.1) is 17.4 Å². The topological polar surface area (TPSA) is 135 Å². The van der Waals surface area contributed by atoms with Crippen molar-refractivity contribution in [2.45, 2.75) is 11.7 Å². The Labute approximate surface area is 194 Å². The number of carbonyl (C=O) groups excluding carboxylic acids is 1. The molecule has 0 spiro atoms. The van der Waals surface area contributed by atoms with Gasteiger partial charge in [0.15, 0.2) is 10.9 Å². The lowest BCUT2D eigenvalue weighted by molar-refractivity contribution is 0.102. The number of thiophene rings is 1. The summed E-state index contributed by atoms with van der Waals surface area (Å²) in [6.07, 6.45) is 3.08. The third-order valence-electron chi connectivity index (χ3n) is 5.08. The van der Waals surface area contributed by atoms with Crippen molar-refractivity contribution in [1.29, 1.82) is 0 Å². The first-order chi connectivity index (χ1) is 15.8. The number of hydrogen-bond donors (Lipinski definition) is 1. The third-order valence-corrected chi connectivity index (χ3v) is 6.93. The van der Waals surface area contributed by atoms with Crippen molar-refractivity contribution >= 4 is 44.9 Å². The number of thioether (sulfide) groups is 1. The molecule has 0 aromatic carbocycles. The molecule has 0 unspecified atom stereocenters. The third kappa shape index (κ3) is 3.76. The second kappa shape index (κ2) is 8.71. The van der Waals surface area contributed by atoms with E-state index in [0.717, 1.165) is 20.9 Å². The SMILES string of the molecule is C=CCn1c(SCC(=O)c2c(N)n(C)c(=O)n(C)c2=O)nc2scc(-c3ccco3)c2c1=O. The van der Waals surface area contributed by atoms with Gasteiger partial charge in [-0.15, -0.1) is 17.9 Å². The smallest absolute Gasteiger partial charge is 0.332 e. The number of rotatable bonds is 7. The number of hydrogen-bond acceptors (Lipinski definition) is 9. The minimum absolute atomic E-state index is 0.176. The molecule has 4 heterocycles. The second-order valence-corrected chi connectivity index (χ2v) is 8.88. The van der Waals surface area contributed by atoms with Crippen LogP contribution in [0.25, 0.3) is 21.5 Å². The molecule has 0 fully saturated rings. The number of nitrogens with zero attached hydrogens (tertiary/aromatic N) is 4. The summed E-state index contributed by atoms with van der Waals surface area (Å²) in [5.74, 6) is -0.428. The van der Waals surface area contributed by atoms with Crippen LogP contribution in [-0.4, -0.2) is 30.2 Å². The summed E-state index contributed by atoms with van der Waals surface area (Å²) in [6, 6.07) is 3.50. The molecule has 2 N–H and O–H groups in total. The number of aromatic nitrogens is 4. The highest BCUT2D eigenvalue weighted by atomic mass is 32.2. The predicted molar refractivity (Wildman–Crippen MR) is 128 cm³/mol. The number of allylic oxidation sites excluding steroid dienone is 1. The van der Waals surface area contributed by atoms with Crippen molar-refractivity contribution in [1.82, 2.24) is 18.7 Å².